The van der Waals surface area contributed by atoms with Gasteiger partial charge in [-0.05, 0) is 42.3 Å². The lowest BCUT2D eigenvalue weighted by Crippen LogP contribution is -1.98. The molecule has 0 fully saturated rings. The average Bonchev–Trinajstić information content (AvgIpc) is 3.19. The molecule has 4 rings (SSSR count). The summed E-state index contributed by atoms with van der Waals surface area (Å²) in [5, 5.41) is 4.08. The Labute approximate surface area is 132 Å². The fourth-order valence-electron chi connectivity index (χ4n) is 2.57. The zero-order chi connectivity index (χ0) is 15.8. The van der Waals surface area contributed by atoms with Crippen LogP contribution in [0.25, 0.3) is 11.8 Å². The van der Waals surface area contributed by atoms with Gasteiger partial charge in [-0.15, -0.1) is 0 Å². The molecule has 5 heteroatoms. The summed E-state index contributed by atoms with van der Waals surface area (Å²) in [7, 11) is 0. The minimum atomic E-state index is -0.0796. The van der Waals surface area contributed by atoms with Gasteiger partial charge in [0.25, 0.3) is 0 Å². The minimum Gasteiger partial charge on any atom is -0.452 e. The Balaban J connectivity index is 1.64. The first-order chi connectivity index (χ1) is 11.2. The van der Waals surface area contributed by atoms with Crippen molar-refractivity contribution in [1.29, 1.82) is 0 Å². The van der Waals surface area contributed by atoms with Crippen LogP contribution >= 0.6 is 0 Å². The zero-order valence-electron chi connectivity index (χ0n) is 12.4. The van der Waals surface area contributed by atoms with Gasteiger partial charge in [0.2, 0.25) is 5.78 Å². The van der Waals surface area contributed by atoms with Crippen LogP contribution in [-0.2, 0) is 0 Å². The summed E-state index contributed by atoms with van der Waals surface area (Å²) in [4.78, 5) is 16.3. The molecule has 2 heterocycles. The van der Waals surface area contributed by atoms with E-state index >= 15 is 0 Å². The molecule has 0 atom stereocenters. The van der Waals surface area contributed by atoms with E-state index < -0.39 is 0 Å². The molecule has 3 aromatic rings. The molecule has 1 aliphatic rings. The van der Waals surface area contributed by atoms with Crippen molar-refractivity contribution < 1.29 is 9.53 Å². The molecule has 0 saturated carbocycles. The summed E-state index contributed by atoms with van der Waals surface area (Å²) in [6.45, 7) is 1.93. The number of fused-ring (bicyclic) bond motifs is 1. The molecule has 0 amide bonds. The molecular weight excluding hydrogens is 290 g/mol. The Morgan fingerprint density at radius 2 is 1.96 bits per heavy atom. The van der Waals surface area contributed by atoms with Crippen molar-refractivity contribution in [2.24, 2.45) is 0 Å². The Morgan fingerprint density at radius 3 is 2.65 bits per heavy atom. The second kappa shape index (κ2) is 5.21. The molecule has 112 valence electrons. The molecule has 0 saturated heterocycles. The summed E-state index contributed by atoms with van der Waals surface area (Å²) in [5.41, 5.74) is 3.38. The Hall–Kier alpha value is -3.21. The van der Waals surface area contributed by atoms with Gasteiger partial charge in [-0.1, -0.05) is 24.3 Å². The monoisotopic (exact) mass is 303 g/mol. The maximum Gasteiger partial charge on any atom is 0.231 e. The molecule has 0 aliphatic carbocycles. The maximum absolute atomic E-state index is 12.4. The van der Waals surface area contributed by atoms with E-state index in [0.717, 1.165) is 16.8 Å². The van der Waals surface area contributed by atoms with Crippen LogP contribution in [0.5, 0.6) is 5.75 Å². The predicted octanol–water partition coefficient (Wildman–Crippen LogP) is 3.19. The van der Waals surface area contributed by atoms with Crippen LogP contribution in [-0.4, -0.2) is 20.5 Å². The first-order valence-corrected chi connectivity index (χ1v) is 7.21. The van der Waals surface area contributed by atoms with E-state index in [1.807, 2.05) is 43.3 Å². The summed E-state index contributed by atoms with van der Waals surface area (Å²) >= 11 is 0. The number of hydrogen-bond acceptors (Lipinski definition) is 4. The van der Waals surface area contributed by atoms with Gasteiger partial charge in [0, 0.05) is 0 Å². The number of benzene rings is 2. The third-order valence-corrected chi connectivity index (χ3v) is 3.77. The number of rotatable bonds is 2. The number of carbonyl (C=O) groups excluding carboxylic acids is 1. The maximum atomic E-state index is 12.4. The lowest BCUT2D eigenvalue weighted by molar-refractivity contribution is 0.101. The number of nitrogens with zero attached hydrogens (tertiary/aromatic N) is 3. The van der Waals surface area contributed by atoms with Crippen LogP contribution in [0.2, 0.25) is 0 Å². The molecule has 0 unspecified atom stereocenters. The van der Waals surface area contributed by atoms with Gasteiger partial charge in [-0.2, -0.15) is 5.10 Å². The molecule has 0 bridgehead atoms. The second-order valence-electron chi connectivity index (χ2n) is 5.32. The number of ketones is 1. The highest BCUT2D eigenvalue weighted by Gasteiger charge is 2.28. The number of carbonyl (C=O) groups is 1. The van der Waals surface area contributed by atoms with Gasteiger partial charge in [-0.3, -0.25) is 4.79 Å². The Morgan fingerprint density at radius 1 is 1.13 bits per heavy atom. The highest BCUT2D eigenvalue weighted by atomic mass is 16.5. The van der Waals surface area contributed by atoms with E-state index in [0.29, 0.717) is 17.1 Å². The van der Waals surface area contributed by atoms with Crippen molar-refractivity contribution in [3.05, 3.63) is 77.6 Å². The van der Waals surface area contributed by atoms with E-state index in [2.05, 4.69) is 10.1 Å². The second-order valence-corrected chi connectivity index (χ2v) is 5.32. The van der Waals surface area contributed by atoms with Gasteiger partial charge >= 0.3 is 0 Å². The number of Topliss-reactive ketones (excluding diaryl/α,β-unsaturated/α-hetero) is 1. The van der Waals surface area contributed by atoms with Gasteiger partial charge in [0.05, 0.1) is 11.3 Å². The first-order valence-electron chi connectivity index (χ1n) is 7.21. The van der Waals surface area contributed by atoms with E-state index in [4.69, 9.17) is 4.74 Å². The molecule has 5 nitrogen and oxygen atoms in total. The molecule has 0 N–H and O–H groups in total. The van der Waals surface area contributed by atoms with Crippen LogP contribution in [0, 0.1) is 6.92 Å². The molecule has 1 aliphatic heterocycles. The number of para-hydroxylation sites is 1. The fraction of sp³-hybridized carbons (Fsp3) is 0.0556. The average molecular weight is 303 g/mol. The van der Waals surface area contributed by atoms with Gasteiger partial charge in [-0.25, -0.2) is 9.67 Å². The highest BCUT2D eigenvalue weighted by molar-refractivity contribution is 6.14. The quantitative estimate of drug-likeness (QED) is 0.682. The highest BCUT2D eigenvalue weighted by Crippen LogP contribution is 2.34. The fourth-order valence-corrected chi connectivity index (χ4v) is 2.57. The van der Waals surface area contributed by atoms with Crippen molar-refractivity contribution in [2.45, 2.75) is 6.92 Å². The lowest BCUT2D eigenvalue weighted by atomic mass is 10.1. The third kappa shape index (κ3) is 2.32. The van der Waals surface area contributed by atoms with Crippen molar-refractivity contribution in [3.63, 3.8) is 0 Å². The molecule has 1 aromatic heterocycles. The van der Waals surface area contributed by atoms with Crippen molar-refractivity contribution in [1.82, 2.24) is 14.8 Å². The molecule has 2 aromatic carbocycles. The van der Waals surface area contributed by atoms with Crippen LogP contribution in [0.1, 0.15) is 21.5 Å². The molecule has 23 heavy (non-hydrogen) atoms. The van der Waals surface area contributed by atoms with Crippen molar-refractivity contribution in [3.8, 4) is 11.4 Å². The van der Waals surface area contributed by atoms with Gasteiger partial charge in [0.1, 0.15) is 18.4 Å². The van der Waals surface area contributed by atoms with Gasteiger partial charge in [0.15, 0.2) is 5.76 Å². The largest absolute Gasteiger partial charge is 0.452 e. The SMILES string of the molecule is Cc1cccc2c1O/C(=C\c1ccc(-n3cncn3)cc1)C2=O. The number of hydrogen-bond donors (Lipinski definition) is 0. The molecule has 0 radical (unpaired) electrons. The normalized spacial score (nSPS) is 14.8. The van der Waals surface area contributed by atoms with E-state index in [9.17, 15) is 4.79 Å². The summed E-state index contributed by atoms with van der Waals surface area (Å²) < 4.78 is 7.41. The van der Waals surface area contributed by atoms with Crippen molar-refractivity contribution in [2.75, 3.05) is 0 Å². The Kier molecular flexibility index (Phi) is 3.05. The van der Waals surface area contributed by atoms with Crippen LogP contribution in [0.3, 0.4) is 0 Å². The number of aromatic nitrogens is 3. The van der Waals surface area contributed by atoms with Crippen LogP contribution in [0.15, 0.2) is 60.9 Å². The predicted molar refractivity (Wildman–Crippen MR) is 85.5 cm³/mol. The first kappa shape index (κ1) is 13.5. The van der Waals surface area contributed by atoms with E-state index in [1.165, 1.54) is 6.33 Å². The zero-order valence-corrected chi connectivity index (χ0v) is 12.4. The third-order valence-electron chi connectivity index (χ3n) is 3.77. The smallest absolute Gasteiger partial charge is 0.231 e. The van der Waals surface area contributed by atoms with Crippen LogP contribution < -0.4 is 4.74 Å². The molecule has 0 spiro atoms. The van der Waals surface area contributed by atoms with Crippen molar-refractivity contribution >= 4 is 11.9 Å². The summed E-state index contributed by atoms with van der Waals surface area (Å²) in [6, 6.07) is 13.2. The Bertz CT molecular complexity index is 910. The van der Waals surface area contributed by atoms with E-state index in [-0.39, 0.29) is 5.78 Å². The molecular formula is C18H13N3O2. The number of ether oxygens (including phenoxy) is 1. The minimum absolute atomic E-state index is 0.0796. The summed E-state index contributed by atoms with van der Waals surface area (Å²) in [5.74, 6) is 0.926. The number of aryl methyl sites for hydroxylation is 1. The summed E-state index contributed by atoms with van der Waals surface area (Å²) in [6.07, 6.45) is 4.88. The topological polar surface area (TPSA) is 57.0 Å². The standard InChI is InChI=1S/C18H13N3O2/c1-12-3-2-4-15-17(22)16(23-18(12)15)9-13-5-7-14(8-6-13)21-11-19-10-20-21/h2-11H,1H3/b16-9-. The van der Waals surface area contributed by atoms with E-state index in [1.54, 1.807) is 23.2 Å². The lowest BCUT2D eigenvalue weighted by Gasteiger charge is -2.03. The van der Waals surface area contributed by atoms with Crippen LogP contribution in [0.4, 0.5) is 0 Å². The van der Waals surface area contributed by atoms with Gasteiger partial charge < -0.3 is 4.74 Å². The number of allylic oxidation sites excluding steroid dienone is 1.